The molecule has 0 radical (unpaired) electrons. The Kier molecular flexibility index (Phi) is 6.33. The molecule has 1 heterocycles. The van der Waals surface area contributed by atoms with Crippen molar-refractivity contribution in [3.8, 4) is 5.69 Å². The second-order valence-corrected chi connectivity index (χ2v) is 6.22. The molecule has 0 aliphatic carbocycles. The summed E-state index contributed by atoms with van der Waals surface area (Å²) in [6, 6.07) is 7.06. The summed E-state index contributed by atoms with van der Waals surface area (Å²) in [4.78, 5) is 23.4. The zero-order valence-corrected chi connectivity index (χ0v) is 15.7. The normalized spacial score (nSPS) is 10.5. The lowest BCUT2D eigenvalue weighted by Gasteiger charge is -2.08. The van der Waals surface area contributed by atoms with E-state index in [1.54, 1.807) is 19.1 Å². The van der Waals surface area contributed by atoms with E-state index in [1.807, 2.05) is 30.7 Å². The number of aryl methyl sites for hydroxylation is 1. The molecule has 1 aromatic heterocycles. The summed E-state index contributed by atoms with van der Waals surface area (Å²) < 4.78 is 11.7. The van der Waals surface area contributed by atoms with Gasteiger partial charge in [-0.15, -0.1) is 0 Å². The van der Waals surface area contributed by atoms with Gasteiger partial charge in [0.15, 0.2) is 0 Å². The number of ether oxygens (including phenoxy) is 2. The molecule has 26 heavy (non-hydrogen) atoms. The first-order chi connectivity index (χ1) is 12.3. The maximum absolute atomic E-state index is 12.0. The molecule has 0 saturated carbocycles. The molecule has 0 spiro atoms. The summed E-state index contributed by atoms with van der Waals surface area (Å²) in [6.07, 6.45) is 0.896. The smallest absolute Gasteiger partial charge is 0.338 e. The van der Waals surface area contributed by atoms with E-state index in [-0.39, 0.29) is 18.5 Å². The lowest BCUT2D eigenvalue weighted by atomic mass is 10.1. The number of rotatable bonds is 7. The van der Waals surface area contributed by atoms with Crippen molar-refractivity contribution in [3.05, 3.63) is 58.9 Å². The van der Waals surface area contributed by atoms with E-state index in [9.17, 15) is 9.59 Å². The van der Waals surface area contributed by atoms with Gasteiger partial charge in [-0.2, -0.15) is 5.10 Å². The fraction of sp³-hybridized carbons (Fsp3) is 0.350. The van der Waals surface area contributed by atoms with Gasteiger partial charge in [0.25, 0.3) is 0 Å². The Morgan fingerprint density at radius 2 is 1.85 bits per heavy atom. The number of hydrogen-bond donors (Lipinski definition) is 0. The average molecular weight is 356 g/mol. The summed E-state index contributed by atoms with van der Waals surface area (Å²) in [5.41, 5.74) is 4.96. The van der Waals surface area contributed by atoms with Crippen molar-refractivity contribution in [2.24, 2.45) is 0 Å². The molecule has 0 N–H and O–H groups in total. The van der Waals surface area contributed by atoms with Gasteiger partial charge in [0.2, 0.25) is 0 Å². The standard InChI is InChI=1S/C20H24N2O4/c1-13(2)12-26-20(24)16-6-8-17(9-7-16)22-15(4)18(14(3)21-22)10-11-19(23)25-5/h6-9H,1,10-12H2,2-5H3. The lowest BCUT2D eigenvalue weighted by Crippen LogP contribution is -2.07. The first-order valence-electron chi connectivity index (χ1n) is 8.37. The van der Waals surface area contributed by atoms with Gasteiger partial charge < -0.3 is 9.47 Å². The molecule has 0 amide bonds. The number of methoxy groups -OCH3 is 1. The SMILES string of the molecule is C=C(C)COC(=O)c1ccc(-n2nc(C)c(CCC(=O)OC)c2C)cc1. The third-order valence-corrected chi connectivity index (χ3v) is 4.05. The monoisotopic (exact) mass is 356 g/mol. The minimum absolute atomic E-state index is 0.210. The Hall–Kier alpha value is -2.89. The highest BCUT2D eigenvalue weighted by molar-refractivity contribution is 5.89. The summed E-state index contributed by atoms with van der Waals surface area (Å²) in [6.45, 7) is 9.60. The van der Waals surface area contributed by atoms with Crippen LogP contribution in [-0.2, 0) is 20.7 Å². The van der Waals surface area contributed by atoms with Crippen LogP contribution in [0.25, 0.3) is 5.69 Å². The van der Waals surface area contributed by atoms with Crippen molar-refractivity contribution in [2.75, 3.05) is 13.7 Å². The number of aromatic nitrogens is 2. The molecular weight excluding hydrogens is 332 g/mol. The summed E-state index contributed by atoms with van der Waals surface area (Å²) >= 11 is 0. The van der Waals surface area contributed by atoms with Gasteiger partial charge in [-0.25, -0.2) is 9.48 Å². The Morgan fingerprint density at radius 3 is 2.42 bits per heavy atom. The number of carbonyl (C=O) groups is 2. The molecule has 0 aliphatic rings. The van der Waals surface area contributed by atoms with Crippen LogP contribution in [0.1, 0.15) is 40.7 Å². The Labute approximate surface area is 153 Å². The highest BCUT2D eigenvalue weighted by Crippen LogP contribution is 2.20. The van der Waals surface area contributed by atoms with E-state index in [2.05, 4.69) is 11.7 Å². The fourth-order valence-corrected chi connectivity index (χ4v) is 2.63. The van der Waals surface area contributed by atoms with E-state index in [1.165, 1.54) is 7.11 Å². The molecule has 2 rings (SSSR count). The molecule has 6 nitrogen and oxygen atoms in total. The van der Waals surface area contributed by atoms with Crippen molar-refractivity contribution < 1.29 is 19.1 Å². The van der Waals surface area contributed by atoms with Gasteiger partial charge in [-0.3, -0.25) is 4.79 Å². The molecule has 6 heteroatoms. The first-order valence-corrected chi connectivity index (χ1v) is 8.37. The second kappa shape index (κ2) is 8.47. The van der Waals surface area contributed by atoms with Gasteiger partial charge in [-0.1, -0.05) is 6.58 Å². The average Bonchev–Trinajstić information content (AvgIpc) is 2.91. The van der Waals surface area contributed by atoms with Gasteiger partial charge in [0.05, 0.1) is 24.1 Å². The van der Waals surface area contributed by atoms with Gasteiger partial charge >= 0.3 is 11.9 Å². The molecule has 0 bridgehead atoms. The summed E-state index contributed by atoms with van der Waals surface area (Å²) in [5, 5.41) is 4.56. The fourth-order valence-electron chi connectivity index (χ4n) is 2.63. The largest absolute Gasteiger partial charge is 0.469 e. The number of benzene rings is 1. The van der Waals surface area contributed by atoms with Crippen LogP contribution in [0.5, 0.6) is 0 Å². The van der Waals surface area contributed by atoms with Gasteiger partial charge in [0.1, 0.15) is 6.61 Å². The quantitative estimate of drug-likeness (QED) is 0.562. The van der Waals surface area contributed by atoms with Crippen LogP contribution in [0.15, 0.2) is 36.4 Å². The van der Waals surface area contributed by atoms with Crippen LogP contribution in [-0.4, -0.2) is 35.4 Å². The third kappa shape index (κ3) is 4.59. The van der Waals surface area contributed by atoms with Crippen LogP contribution in [0.3, 0.4) is 0 Å². The molecule has 0 aliphatic heterocycles. The summed E-state index contributed by atoms with van der Waals surface area (Å²) in [5.74, 6) is -0.624. The topological polar surface area (TPSA) is 70.4 Å². The molecule has 0 saturated heterocycles. The molecule has 0 atom stereocenters. The van der Waals surface area contributed by atoms with E-state index in [4.69, 9.17) is 9.47 Å². The number of esters is 2. The van der Waals surface area contributed by atoms with E-state index >= 15 is 0 Å². The van der Waals surface area contributed by atoms with Crippen molar-refractivity contribution >= 4 is 11.9 Å². The highest BCUT2D eigenvalue weighted by Gasteiger charge is 2.15. The molecule has 0 unspecified atom stereocenters. The number of carbonyl (C=O) groups excluding carboxylic acids is 2. The summed E-state index contributed by atoms with van der Waals surface area (Å²) in [7, 11) is 1.38. The predicted molar refractivity (Wildman–Crippen MR) is 98.5 cm³/mol. The van der Waals surface area contributed by atoms with Crippen LogP contribution in [0, 0.1) is 13.8 Å². The van der Waals surface area contributed by atoms with Crippen LogP contribution < -0.4 is 0 Å². The zero-order chi connectivity index (χ0) is 19.3. The molecule has 138 valence electrons. The maximum atomic E-state index is 12.0. The van der Waals surface area contributed by atoms with Crippen molar-refractivity contribution in [1.82, 2.24) is 9.78 Å². The highest BCUT2D eigenvalue weighted by atomic mass is 16.5. The minimum Gasteiger partial charge on any atom is -0.469 e. The van der Waals surface area contributed by atoms with Crippen LogP contribution >= 0.6 is 0 Å². The molecule has 2 aromatic rings. The first kappa shape index (κ1) is 19.4. The Balaban J connectivity index is 2.17. The molecule has 1 aromatic carbocycles. The van der Waals surface area contributed by atoms with Crippen LogP contribution in [0.2, 0.25) is 0 Å². The van der Waals surface area contributed by atoms with Crippen molar-refractivity contribution in [3.63, 3.8) is 0 Å². The van der Waals surface area contributed by atoms with Crippen LogP contribution in [0.4, 0.5) is 0 Å². The van der Waals surface area contributed by atoms with Gasteiger partial charge in [-0.05, 0) is 62.6 Å². The second-order valence-electron chi connectivity index (χ2n) is 6.22. The predicted octanol–water partition coefficient (Wildman–Crippen LogP) is 3.33. The number of nitrogens with zero attached hydrogens (tertiary/aromatic N) is 2. The van der Waals surface area contributed by atoms with Crippen molar-refractivity contribution in [2.45, 2.75) is 33.6 Å². The van der Waals surface area contributed by atoms with E-state index in [0.717, 1.165) is 28.2 Å². The molecular formula is C20H24N2O4. The van der Waals surface area contributed by atoms with E-state index < -0.39 is 0 Å². The molecule has 0 fully saturated rings. The maximum Gasteiger partial charge on any atom is 0.338 e. The Morgan fingerprint density at radius 1 is 1.19 bits per heavy atom. The third-order valence-electron chi connectivity index (χ3n) is 4.05. The Bertz CT molecular complexity index is 819. The van der Waals surface area contributed by atoms with Crippen molar-refractivity contribution in [1.29, 1.82) is 0 Å². The zero-order valence-electron chi connectivity index (χ0n) is 15.7. The van der Waals surface area contributed by atoms with E-state index in [0.29, 0.717) is 18.4 Å². The number of hydrogen-bond acceptors (Lipinski definition) is 5. The van der Waals surface area contributed by atoms with Gasteiger partial charge in [0, 0.05) is 12.1 Å². The minimum atomic E-state index is -0.383. The lowest BCUT2D eigenvalue weighted by molar-refractivity contribution is -0.140.